The summed E-state index contributed by atoms with van der Waals surface area (Å²) in [6.07, 6.45) is -1.03. The fraction of sp³-hybridized carbons (Fsp3) is 0.250. The topological polar surface area (TPSA) is 120 Å². The summed E-state index contributed by atoms with van der Waals surface area (Å²) in [6, 6.07) is 0. The number of carboxylic acid groups (broad SMARTS) is 3. The van der Waals surface area contributed by atoms with Crippen LogP contribution in [0.1, 0.15) is 6.42 Å². The van der Waals surface area contributed by atoms with E-state index in [2.05, 4.69) is 0 Å². The van der Waals surface area contributed by atoms with E-state index in [0.29, 0.717) is 0 Å². The van der Waals surface area contributed by atoms with E-state index in [1.165, 1.54) is 0 Å². The Balaban J connectivity index is -0.0000000320. The van der Waals surface area contributed by atoms with Crippen molar-refractivity contribution in [1.29, 1.82) is 0 Å². The number of carboxylic acids is 2. The molecule has 0 aromatic carbocycles. The SMILES string of the molecule is O=C([O-])CC(=O)[O-].O=C[O-].[Tl+].[Tl+].[Tl+]. The van der Waals surface area contributed by atoms with Crippen molar-refractivity contribution in [2.45, 2.75) is 6.42 Å². The third-order valence-electron chi connectivity index (χ3n) is 0.289. The van der Waals surface area contributed by atoms with Crippen molar-refractivity contribution in [3.05, 3.63) is 0 Å². The number of hydrogen-bond acceptors (Lipinski definition) is 6. The Labute approximate surface area is 135 Å². The van der Waals surface area contributed by atoms with Gasteiger partial charge in [0.1, 0.15) is 0 Å². The molecule has 0 saturated carbocycles. The molecule has 0 aromatic rings. The van der Waals surface area contributed by atoms with E-state index in [9.17, 15) is 19.8 Å². The Kier molecular flexibility index (Phi) is 52.2. The second-order valence-corrected chi connectivity index (χ2v) is 1.02. The van der Waals surface area contributed by atoms with Crippen LogP contribution in [0.3, 0.4) is 0 Å². The van der Waals surface area contributed by atoms with Gasteiger partial charge in [0, 0.05) is 24.8 Å². The van der Waals surface area contributed by atoms with Crippen LogP contribution < -0.4 is 15.3 Å². The second kappa shape index (κ2) is 23.2. The molecule has 0 atom stereocenters. The molecular formula is C4H3O6Tl3. The molecule has 9 heteroatoms. The zero-order chi connectivity index (χ0) is 8.57. The molecule has 0 fully saturated rings. The van der Waals surface area contributed by atoms with Gasteiger partial charge in [0.2, 0.25) is 0 Å². The smallest absolute Gasteiger partial charge is 0.554 e. The largest absolute Gasteiger partial charge is 1.00 e. The van der Waals surface area contributed by atoms with Gasteiger partial charge in [0.25, 0.3) is 0 Å². The van der Waals surface area contributed by atoms with Crippen molar-refractivity contribution in [3.63, 3.8) is 0 Å². The molecule has 0 bridgehead atoms. The van der Waals surface area contributed by atoms with E-state index in [4.69, 9.17) is 9.90 Å². The van der Waals surface area contributed by atoms with Crippen LogP contribution in [0.25, 0.3) is 0 Å². The van der Waals surface area contributed by atoms with Gasteiger partial charge in [0.15, 0.2) is 0 Å². The summed E-state index contributed by atoms with van der Waals surface area (Å²) in [5, 5.41) is 26.8. The molecule has 0 saturated heterocycles. The molecule has 0 N–H and O–H groups in total. The third-order valence-corrected chi connectivity index (χ3v) is 0.289. The Hall–Kier alpha value is 1.18. The molecule has 6 nitrogen and oxygen atoms in total. The minimum absolute atomic E-state index is 0. The summed E-state index contributed by atoms with van der Waals surface area (Å²) >= 11 is 0. The molecule has 0 amide bonds. The summed E-state index contributed by atoms with van der Waals surface area (Å²) in [6.45, 7) is -0.500. The molecule has 13 heavy (non-hydrogen) atoms. The summed E-state index contributed by atoms with van der Waals surface area (Å²) in [4.78, 5) is 26.8. The minimum Gasteiger partial charge on any atom is -0.554 e. The van der Waals surface area contributed by atoms with E-state index in [1.54, 1.807) is 0 Å². The average molecular weight is 760 g/mol. The van der Waals surface area contributed by atoms with Crippen molar-refractivity contribution in [2.75, 3.05) is 0 Å². The number of carbonyl (C=O) groups is 3. The van der Waals surface area contributed by atoms with Crippen molar-refractivity contribution in [3.8, 4) is 0 Å². The van der Waals surface area contributed by atoms with E-state index in [1.807, 2.05) is 0 Å². The first kappa shape index (κ1) is 29.2. The van der Waals surface area contributed by atoms with E-state index in [0.717, 1.165) is 0 Å². The maximum Gasteiger partial charge on any atom is 1.00 e. The molecule has 0 unspecified atom stereocenters. The normalized spacial score (nSPS) is 5.23. The van der Waals surface area contributed by atoms with Crippen molar-refractivity contribution < 1.29 is 29.7 Å². The number of rotatable bonds is 2. The molecule has 0 radical (unpaired) electrons. The van der Waals surface area contributed by atoms with Gasteiger partial charge in [-0.15, -0.1) is 0 Å². The molecule has 0 heterocycles. The zero-order valence-corrected chi connectivity index (χ0v) is 19.9. The molecule has 0 spiro atoms. The van der Waals surface area contributed by atoms with Gasteiger partial charge in [-0.3, -0.25) is 0 Å². The van der Waals surface area contributed by atoms with Crippen LogP contribution >= 0.6 is 0 Å². The van der Waals surface area contributed by atoms with Gasteiger partial charge in [-0.2, -0.15) is 0 Å². The summed E-state index contributed by atoms with van der Waals surface area (Å²) in [5.74, 6) is -3.25. The van der Waals surface area contributed by atoms with Crippen LogP contribution in [0.15, 0.2) is 0 Å². The van der Waals surface area contributed by atoms with Gasteiger partial charge >= 0.3 is 81.9 Å². The predicted octanol–water partition coefficient (Wildman–Crippen LogP) is -5.90. The first-order valence-corrected chi connectivity index (χ1v) is 2.00. The first-order valence-electron chi connectivity index (χ1n) is 2.00. The Morgan fingerprint density at radius 2 is 1.15 bits per heavy atom. The van der Waals surface area contributed by atoms with Gasteiger partial charge in [0.05, 0.1) is 0 Å². The standard InChI is InChI=1S/C3H4O4.CH2O2.3Tl/c4-2(5)1-3(6)7;2-1-3;;;/h1H2,(H,4,5)(H,6,7);1H,(H,2,3);;;/q;;3*+1/p-3. The van der Waals surface area contributed by atoms with E-state index < -0.39 is 24.8 Å². The van der Waals surface area contributed by atoms with Crippen molar-refractivity contribution in [1.82, 2.24) is 0 Å². The van der Waals surface area contributed by atoms with Gasteiger partial charge in [-0.05, 0) is 0 Å². The van der Waals surface area contributed by atoms with Gasteiger partial charge in [-0.1, -0.05) is 0 Å². The molecule has 0 aliphatic heterocycles. The molecule has 64 valence electrons. The fourth-order valence-corrected chi connectivity index (χ4v) is 0.118. The zero-order valence-electron chi connectivity index (χ0n) is 6.47. The van der Waals surface area contributed by atoms with Crippen LogP contribution in [0.2, 0.25) is 0 Å². The van der Waals surface area contributed by atoms with Crippen molar-refractivity contribution >= 4 is 100 Å². The van der Waals surface area contributed by atoms with Gasteiger partial charge < -0.3 is 29.7 Å². The van der Waals surface area contributed by atoms with Crippen molar-refractivity contribution in [2.24, 2.45) is 0 Å². The molecule has 0 aliphatic carbocycles. The summed E-state index contributed by atoms with van der Waals surface area (Å²) in [5.41, 5.74) is 0. The first-order chi connectivity index (χ1) is 4.54. The Morgan fingerprint density at radius 3 is 1.15 bits per heavy atom. The fourth-order valence-electron chi connectivity index (χ4n) is 0.118. The maximum absolute atomic E-state index is 9.28. The Bertz CT molecular complexity index is 126. The van der Waals surface area contributed by atoms with Crippen LogP contribution in [0.4, 0.5) is 0 Å². The van der Waals surface area contributed by atoms with Crippen LogP contribution in [0, 0.1) is 0 Å². The number of carbonyl (C=O) groups excluding carboxylic acids is 3. The number of hydrogen-bond donors (Lipinski definition) is 0. The molecular weight excluding hydrogens is 757 g/mol. The monoisotopic (exact) mass is 762 g/mol. The summed E-state index contributed by atoms with van der Waals surface area (Å²) in [7, 11) is 0. The minimum atomic E-state index is -1.63. The second-order valence-electron chi connectivity index (χ2n) is 1.02. The van der Waals surface area contributed by atoms with E-state index in [-0.39, 0.29) is 81.9 Å². The van der Waals surface area contributed by atoms with Crippen LogP contribution in [-0.2, 0) is 14.4 Å². The maximum atomic E-state index is 9.28. The Morgan fingerprint density at radius 1 is 1.00 bits per heavy atom. The predicted molar refractivity (Wildman–Crippen MR) is 38.0 cm³/mol. The molecule has 0 rings (SSSR count). The molecule has 0 aromatic heterocycles. The quantitative estimate of drug-likeness (QED) is 0.157. The van der Waals surface area contributed by atoms with Crippen LogP contribution in [0.5, 0.6) is 0 Å². The van der Waals surface area contributed by atoms with Gasteiger partial charge in [-0.25, -0.2) is 0 Å². The molecule has 0 aliphatic rings. The number of aliphatic carboxylic acids is 2. The van der Waals surface area contributed by atoms with Crippen LogP contribution in [-0.4, -0.2) is 100 Å². The summed E-state index contributed by atoms with van der Waals surface area (Å²) < 4.78 is 0. The van der Waals surface area contributed by atoms with E-state index >= 15 is 0 Å². The average Bonchev–Trinajstić information content (AvgIpc) is 1.62. The third kappa shape index (κ3) is 61.4.